The van der Waals surface area contributed by atoms with E-state index in [1.807, 2.05) is 11.8 Å². The molecule has 1 saturated heterocycles. The lowest BCUT2D eigenvalue weighted by Crippen LogP contribution is -2.49. The van der Waals surface area contributed by atoms with Gasteiger partial charge in [0, 0.05) is 51.2 Å². The van der Waals surface area contributed by atoms with Crippen molar-refractivity contribution in [1.82, 2.24) is 14.9 Å². The first-order valence-corrected chi connectivity index (χ1v) is 8.13. The molecule has 0 amide bonds. The fourth-order valence-electron chi connectivity index (χ4n) is 2.50. The molecule has 3 N–H and O–H groups in total. The number of ether oxygens (including phenoxy) is 1. The lowest BCUT2D eigenvalue weighted by Gasteiger charge is -2.35. The van der Waals surface area contributed by atoms with Gasteiger partial charge < -0.3 is 20.5 Å². The third-order valence-corrected chi connectivity index (χ3v) is 3.78. The molecule has 1 aromatic rings. The number of piperazine rings is 1. The molecule has 7 nitrogen and oxygen atoms in total. The van der Waals surface area contributed by atoms with Crippen LogP contribution in [0.3, 0.4) is 0 Å². The summed E-state index contributed by atoms with van der Waals surface area (Å²) in [5.41, 5.74) is 4.71. The maximum Gasteiger partial charge on any atom is 0.419 e. The molecule has 25 heavy (non-hydrogen) atoms. The molecule has 0 saturated carbocycles. The van der Waals surface area contributed by atoms with Crippen molar-refractivity contribution >= 4 is 5.95 Å². The molecule has 1 unspecified atom stereocenters. The van der Waals surface area contributed by atoms with E-state index in [-0.39, 0.29) is 18.6 Å². The number of hydrogen-bond donors (Lipinski definition) is 2. The third-order valence-electron chi connectivity index (χ3n) is 3.78. The second-order valence-electron chi connectivity index (χ2n) is 6.23. The number of nitrogens with zero attached hydrogens (tertiary/aromatic N) is 4. The van der Waals surface area contributed by atoms with Gasteiger partial charge >= 0.3 is 6.18 Å². The van der Waals surface area contributed by atoms with Crippen LogP contribution >= 0.6 is 0 Å². The fourth-order valence-corrected chi connectivity index (χ4v) is 2.50. The van der Waals surface area contributed by atoms with Crippen LogP contribution in [0.4, 0.5) is 19.1 Å². The van der Waals surface area contributed by atoms with E-state index in [4.69, 9.17) is 10.5 Å². The highest BCUT2D eigenvalue weighted by atomic mass is 19.4. The predicted molar refractivity (Wildman–Crippen MR) is 86.2 cm³/mol. The van der Waals surface area contributed by atoms with Gasteiger partial charge in [-0.1, -0.05) is 0 Å². The lowest BCUT2D eigenvalue weighted by molar-refractivity contribution is -0.138. The first kappa shape index (κ1) is 19.8. The Bertz CT molecular complexity index is 519. The minimum absolute atomic E-state index is 0.0699. The summed E-state index contributed by atoms with van der Waals surface area (Å²) in [5, 5.41) is 9.95. The van der Waals surface area contributed by atoms with Crippen LogP contribution in [0, 0.1) is 0 Å². The lowest BCUT2D eigenvalue weighted by atomic mass is 10.2. The molecule has 1 fully saturated rings. The molecule has 142 valence electrons. The smallest absolute Gasteiger partial charge is 0.389 e. The van der Waals surface area contributed by atoms with Crippen molar-refractivity contribution < 1.29 is 23.0 Å². The number of aliphatic hydroxyl groups is 1. The van der Waals surface area contributed by atoms with E-state index < -0.39 is 17.8 Å². The Morgan fingerprint density at radius 1 is 1.20 bits per heavy atom. The standard InChI is InChI=1S/C15H24F3N5O2/c1-11(19)9-25-10-13(24)8-22-2-4-23(5-3-22)14-20-6-12(7-21-14)15(16,17)18/h6-7,11,13,24H,2-5,8-10,19H2,1H3/t11-,13?/m0/s1. The molecule has 1 aliphatic rings. The molecule has 2 atom stereocenters. The van der Waals surface area contributed by atoms with Crippen molar-refractivity contribution in [2.24, 2.45) is 5.73 Å². The molecule has 0 radical (unpaired) electrons. The molecule has 0 spiro atoms. The van der Waals surface area contributed by atoms with Gasteiger partial charge in [0.2, 0.25) is 5.95 Å². The summed E-state index contributed by atoms with van der Waals surface area (Å²) in [6.45, 7) is 5.41. The Labute approximate surface area is 144 Å². The summed E-state index contributed by atoms with van der Waals surface area (Å²) in [6.07, 6.45) is -3.44. The molecular weight excluding hydrogens is 339 g/mol. The number of alkyl halides is 3. The number of β-amino-alcohol motifs (C(OH)–C–C–N with tert-alkyl or cyclic N) is 1. The van der Waals surface area contributed by atoms with Crippen LogP contribution in [-0.4, -0.2) is 78.1 Å². The zero-order chi connectivity index (χ0) is 18.4. The molecule has 2 heterocycles. The van der Waals surface area contributed by atoms with Crippen LogP contribution in [-0.2, 0) is 10.9 Å². The van der Waals surface area contributed by atoms with Crippen LogP contribution in [0.15, 0.2) is 12.4 Å². The van der Waals surface area contributed by atoms with E-state index in [0.29, 0.717) is 39.3 Å². The first-order valence-electron chi connectivity index (χ1n) is 8.13. The monoisotopic (exact) mass is 363 g/mol. The quantitative estimate of drug-likeness (QED) is 0.722. The SMILES string of the molecule is C[C@H](N)COCC(O)CN1CCN(c2ncc(C(F)(F)F)cn2)CC1. The number of nitrogens with two attached hydrogens (primary N) is 1. The van der Waals surface area contributed by atoms with Crippen molar-refractivity contribution in [3.05, 3.63) is 18.0 Å². The number of halogens is 3. The topological polar surface area (TPSA) is 87.7 Å². The fraction of sp³-hybridized carbons (Fsp3) is 0.733. The molecular formula is C15H24F3N5O2. The van der Waals surface area contributed by atoms with Gasteiger partial charge in [0.25, 0.3) is 0 Å². The summed E-state index contributed by atoms with van der Waals surface area (Å²) in [6, 6.07) is -0.0699. The van der Waals surface area contributed by atoms with E-state index >= 15 is 0 Å². The van der Waals surface area contributed by atoms with Crippen LogP contribution in [0.2, 0.25) is 0 Å². The van der Waals surface area contributed by atoms with Crippen LogP contribution in [0.5, 0.6) is 0 Å². The van der Waals surface area contributed by atoms with E-state index in [9.17, 15) is 18.3 Å². The van der Waals surface area contributed by atoms with Crippen molar-refractivity contribution in [2.75, 3.05) is 50.8 Å². The highest BCUT2D eigenvalue weighted by Crippen LogP contribution is 2.28. The molecule has 0 aromatic carbocycles. The van der Waals surface area contributed by atoms with Gasteiger partial charge in [0.15, 0.2) is 0 Å². The van der Waals surface area contributed by atoms with Crippen molar-refractivity contribution in [2.45, 2.75) is 25.2 Å². The minimum atomic E-state index is -4.43. The van der Waals surface area contributed by atoms with E-state index in [1.165, 1.54) is 0 Å². The predicted octanol–water partition coefficient (Wildman–Crippen LogP) is 0.342. The minimum Gasteiger partial charge on any atom is -0.389 e. The highest BCUT2D eigenvalue weighted by molar-refractivity contribution is 5.31. The van der Waals surface area contributed by atoms with Crippen LogP contribution in [0.25, 0.3) is 0 Å². The Kier molecular flexibility index (Phi) is 6.94. The molecule has 2 rings (SSSR count). The Balaban J connectivity index is 1.75. The van der Waals surface area contributed by atoms with Gasteiger partial charge in [-0.3, -0.25) is 4.90 Å². The zero-order valence-electron chi connectivity index (χ0n) is 14.1. The average molecular weight is 363 g/mol. The highest BCUT2D eigenvalue weighted by Gasteiger charge is 2.31. The Morgan fingerprint density at radius 3 is 2.32 bits per heavy atom. The van der Waals surface area contributed by atoms with E-state index in [0.717, 1.165) is 12.4 Å². The number of anilines is 1. The maximum atomic E-state index is 12.5. The zero-order valence-corrected chi connectivity index (χ0v) is 14.1. The van der Waals surface area contributed by atoms with Gasteiger partial charge in [0.05, 0.1) is 24.9 Å². The van der Waals surface area contributed by atoms with Crippen molar-refractivity contribution in [1.29, 1.82) is 0 Å². The van der Waals surface area contributed by atoms with Gasteiger partial charge in [-0.15, -0.1) is 0 Å². The maximum absolute atomic E-state index is 12.5. The molecule has 1 aliphatic heterocycles. The second kappa shape index (κ2) is 8.75. The summed E-state index contributed by atoms with van der Waals surface area (Å²) in [5.74, 6) is 0.286. The largest absolute Gasteiger partial charge is 0.419 e. The number of rotatable bonds is 7. The second-order valence-corrected chi connectivity index (χ2v) is 6.23. The van der Waals surface area contributed by atoms with Gasteiger partial charge in [0.1, 0.15) is 0 Å². The van der Waals surface area contributed by atoms with Gasteiger partial charge in [-0.25, -0.2) is 9.97 Å². The first-order chi connectivity index (χ1) is 11.8. The van der Waals surface area contributed by atoms with Crippen LogP contribution < -0.4 is 10.6 Å². The van der Waals surface area contributed by atoms with Gasteiger partial charge in [-0.2, -0.15) is 13.2 Å². The molecule has 0 bridgehead atoms. The third kappa shape index (κ3) is 6.38. The Morgan fingerprint density at radius 2 is 1.80 bits per heavy atom. The van der Waals surface area contributed by atoms with E-state index in [1.54, 1.807) is 0 Å². The van der Waals surface area contributed by atoms with E-state index in [2.05, 4.69) is 14.9 Å². The number of aliphatic hydroxyl groups excluding tert-OH is 1. The summed E-state index contributed by atoms with van der Waals surface area (Å²) in [7, 11) is 0. The summed E-state index contributed by atoms with van der Waals surface area (Å²) in [4.78, 5) is 11.5. The summed E-state index contributed by atoms with van der Waals surface area (Å²) < 4.78 is 42.9. The Hall–Kier alpha value is -1.49. The molecule has 1 aromatic heterocycles. The van der Waals surface area contributed by atoms with Crippen molar-refractivity contribution in [3.63, 3.8) is 0 Å². The van der Waals surface area contributed by atoms with Gasteiger partial charge in [-0.05, 0) is 6.92 Å². The number of hydrogen-bond acceptors (Lipinski definition) is 7. The molecule has 0 aliphatic carbocycles. The normalized spacial score (nSPS) is 19.0. The van der Waals surface area contributed by atoms with Crippen LogP contribution in [0.1, 0.15) is 12.5 Å². The average Bonchev–Trinajstić information content (AvgIpc) is 2.54. The molecule has 10 heteroatoms. The number of aromatic nitrogens is 2. The van der Waals surface area contributed by atoms with Crippen molar-refractivity contribution in [3.8, 4) is 0 Å². The summed E-state index contributed by atoms with van der Waals surface area (Å²) >= 11 is 0.